The molecule has 0 bridgehead atoms. The molecule has 0 unspecified atom stereocenters. The molecule has 2 amide bonds. The largest absolute Gasteiger partial charge is 0.492 e. The van der Waals surface area contributed by atoms with Crippen LogP contribution in [0.5, 0.6) is 5.75 Å². The average molecular weight is 429 g/mol. The highest BCUT2D eigenvalue weighted by Gasteiger charge is 2.10. The molecule has 1 aromatic heterocycles. The van der Waals surface area contributed by atoms with E-state index in [-0.39, 0.29) is 6.03 Å². The van der Waals surface area contributed by atoms with Gasteiger partial charge in [-0.3, -0.25) is 0 Å². The van der Waals surface area contributed by atoms with Crippen LogP contribution in [0.25, 0.3) is 11.0 Å². The van der Waals surface area contributed by atoms with E-state index >= 15 is 0 Å². The van der Waals surface area contributed by atoms with Crippen LogP contribution in [0.1, 0.15) is 25.2 Å². The molecular weight excluding hydrogens is 400 g/mol. The maximum Gasteiger partial charge on any atom is 0.323 e. The van der Waals surface area contributed by atoms with Crippen molar-refractivity contribution in [3.05, 3.63) is 84.2 Å². The summed E-state index contributed by atoms with van der Waals surface area (Å²) in [4.78, 5) is 17.2. The molecule has 4 aromatic rings. The summed E-state index contributed by atoms with van der Waals surface area (Å²) in [6.07, 6.45) is 1.75. The Hall–Kier alpha value is -3.80. The van der Waals surface area contributed by atoms with Crippen molar-refractivity contribution in [2.75, 3.05) is 17.2 Å². The van der Waals surface area contributed by atoms with E-state index in [4.69, 9.17) is 9.72 Å². The number of nitrogens with one attached hydrogen (secondary N) is 2. The van der Waals surface area contributed by atoms with E-state index in [1.165, 1.54) is 11.1 Å². The Morgan fingerprint density at radius 1 is 0.906 bits per heavy atom. The molecular formula is C26H28N4O2. The van der Waals surface area contributed by atoms with Gasteiger partial charge in [0.15, 0.2) is 0 Å². The van der Waals surface area contributed by atoms with E-state index in [1.807, 2.05) is 61.5 Å². The van der Waals surface area contributed by atoms with Crippen LogP contribution in [-0.4, -0.2) is 22.2 Å². The molecule has 0 spiro atoms. The fraction of sp³-hybridized carbons (Fsp3) is 0.231. The fourth-order valence-electron chi connectivity index (χ4n) is 3.82. The van der Waals surface area contributed by atoms with Crippen LogP contribution in [0.4, 0.5) is 16.2 Å². The van der Waals surface area contributed by atoms with Crippen LogP contribution in [0, 0.1) is 0 Å². The van der Waals surface area contributed by atoms with Crippen molar-refractivity contribution in [3.8, 4) is 5.75 Å². The number of carbonyl (C=O) groups excluding carboxylic acids is 1. The SMILES string of the molecule is CCOc1ccccc1NC(=O)Nc1ccc(CCc2nc3ccccc3n2CC)cc1. The van der Waals surface area contributed by atoms with Crippen LogP contribution in [-0.2, 0) is 19.4 Å². The average Bonchev–Trinajstić information content (AvgIpc) is 3.17. The molecule has 3 aromatic carbocycles. The lowest BCUT2D eigenvalue weighted by Crippen LogP contribution is -2.19. The minimum Gasteiger partial charge on any atom is -0.492 e. The Labute approximate surface area is 188 Å². The van der Waals surface area contributed by atoms with E-state index < -0.39 is 0 Å². The van der Waals surface area contributed by atoms with Gasteiger partial charge in [0.05, 0.1) is 23.3 Å². The maximum absolute atomic E-state index is 12.4. The van der Waals surface area contributed by atoms with Crippen molar-refractivity contribution in [2.24, 2.45) is 0 Å². The molecule has 6 heteroatoms. The third-order valence-electron chi connectivity index (χ3n) is 5.33. The zero-order valence-electron chi connectivity index (χ0n) is 18.5. The summed E-state index contributed by atoms with van der Waals surface area (Å²) in [5, 5.41) is 5.72. The number of benzene rings is 3. The predicted octanol–water partition coefficient (Wildman–Crippen LogP) is 5.88. The van der Waals surface area contributed by atoms with Gasteiger partial charge < -0.3 is 19.9 Å². The van der Waals surface area contributed by atoms with Gasteiger partial charge in [-0.15, -0.1) is 0 Å². The van der Waals surface area contributed by atoms with Gasteiger partial charge in [0.2, 0.25) is 0 Å². The number of nitrogens with zero attached hydrogens (tertiary/aromatic N) is 2. The number of para-hydroxylation sites is 4. The molecule has 1 heterocycles. The standard InChI is InChI=1S/C26H28N4O2/c1-3-30-23-11-7-5-9-21(23)28-25(30)18-15-19-13-16-20(17-14-19)27-26(31)29-22-10-6-8-12-24(22)32-4-2/h5-14,16-17H,3-4,15,18H2,1-2H3,(H2,27,29,31). The Morgan fingerprint density at radius 3 is 2.44 bits per heavy atom. The molecule has 0 atom stereocenters. The zero-order chi connectivity index (χ0) is 22.3. The smallest absolute Gasteiger partial charge is 0.323 e. The molecule has 164 valence electrons. The number of aromatic nitrogens is 2. The summed E-state index contributed by atoms with van der Waals surface area (Å²) in [5.41, 5.74) is 4.80. The lowest BCUT2D eigenvalue weighted by atomic mass is 10.1. The van der Waals surface area contributed by atoms with Gasteiger partial charge in [-0.05, 0) is 62.2 Å². The number of aryl methyl sites for hydroxylation is 3. The summed E-state index contributed by atoms with van der Waals surface area (Å²) < 4.78 is 7.83. The van der Waals surface area contributed by atoms with Crippen molar-refractivity contribution in [3.63, 3.8) is 0 Å². The van der Waals surface area contributed by atoms with E-state index in [9.17, 15) is 4.79 Å². The zero-order valence-corrected chi connectivity index (χ0v) is 18.5. The molecule has 0 saturated carbocycles. The highest BCUT2D eigenvalue weighted by Crippen LogP contribution is 2.24. The molecule has 32 heavy (non-hydrogen) atoms. The number of hydrogen-bond acceptors (Lipinski definition) is 3. The summed E-state index contributed by atoms with van der Waals surface area (Å²) in [6, 6.07) is 23.3. The van der Waals surface area contributed by atoms with Crippen molar-refractivity contribution >= 4 is 28.4 Å². The maximum atomic E-state index is 12.4. The lowest BCUT2D eigenvalue weighted by molar-refractivity contribution is 0.262. The number of ether oxygens (including phenoxy) is 1. The first-order valence-corrected chi connectivity index (χ1v) is 11.0. The number of fused-ring (bicyclic) bond motifs is 1. The molecule has 0 radical (unpaired) electrons. The van der Waals surface area contributed by atoms with Gasteiger partial charge in [0.25, 0.3) is 0 Å². The normalized spacial score (nSPS) is 10.8. The fourth-order valence-corrected chi connectivity index (χ4v) is 3.82. The van der Waals surface area contributed by atoms with Crippen molar-refractivity contribution in [1.29, 1.82) is 0 Å². The second-order valence-electron chi connectivity index (χ2n) is 7.47. The third-order valence-corrected chi connectivity index (χ3v) is 5.33. The number of urea groups is 1. The topological polar surface area (TPSA) is 68.2 Å². The summed E-state index contributed by atoms with van der Waals surface area (Å²) >= 11 is 0. The second kappa shape index (κ2) is 10.0. The Morgan fingerprint density at radius 2 is 1.66 bits per heavy atom. The third kappa shape index (κ3) is 4.91. The number of hydrogen-bond donors (Lipinski definition) is 2. The van der Waals surface area contributed by atoms with Crippen LogP contribution in [0.2, 0.25) is 0 Å². The van der Waals surface area contributed by atoms with E-state index in [2.05, 4.69) is 40.3 Å². The van der Waals surface area contributed by atoms with E-state index in [1.54, 1.807) is 0 Å². The van der Waals surface area contributed by atoms with Crippen molar-refractivity contribution in [2.45, 2.75) is 33.2 Å². The highest BCUT2D eigenvalue weighted by atomic mass is 16.5. The van der Waals surface area contributed by atoms with Crippen molar-refractivity contribution in [1.82, 2.24) is 9.55 Å². The Kier molecular flexibility index (Phi) is 6.70. The Balaban J connectivity index is 1.36. The second-order valence-corrected chi connectivity index (χ2v) is 7.47. The highest BCUT2D eigenvalue weighted by molar-refractivity contribution is 6.00. The first-order valence-electron chi connectivity index (χ1n) is 11.0. The van der Waals surface area contributed by atoms with E-state index in [0.717, 1.165) is 36.4 Å². The summed E-state index contributed by atoms with van der Waals surface area (Å²) in [7, 11) is 0. The molecule has 6 nitrogen and oxygen atoms in total. The molecule has 0 aliphatic heterocycles. The quantitative estimate of drug-likeness (QED) is 0.368. The van der Waals surface area contributed by atoms with Crippen LogP contribution in [0.15, 0.2) is 72.8 Å². The van der Waals surface area contributed by atoms with Crippen LogP contribution >= 0.6 is 0 Å². The number of rotatable bonds is 8. The van der Waals surface area contributed by atoms with Crippen LogP contribution < -0.4 is 15.4 Å². The monoisotopic (exact) mass is 428 g/mol. The van der Waals surface area contributed by atoms with Gasteiger partial charge in [-0.2, -0.15) is 0 Å². The number of amides is 2. The number of carbonyl (C=O) groups is 1. The molecule has 0 saturated heterocycles. The molecule has 4 rings (SSSR count). The number of anilines is 2. The Bertz CT molecular complexity index is 1200. The number of imidazole rings is 1. The minimum absolute atomic E-state index is 0.304. The summed E-state index contributed by atoms with van der Waals surface area (Å²) in [6.45, 7) is 5.50. The van der Waals surface area contributed by atoms with E-state index in [0.29, 0.717) is 18.0 Å². The molecule has 2 N–H and O–H groups in total. The first-order chi connectivity index (χ1) is 15.7. The van der Waals surface area contributed by atoms with Gasteiger partial charge in [-0.1, -0.05) is 36.4 Å². The van der Waals surface area contributed by atoms with Crippen LogP contribution in [0.3, 0.4) is 0 Å². The van der Waals surface area contributed by atoms with Crippen molar-refractivity contribution < 1.29 is 9.53 Å². The van der Waals surface area contributed by atoms with Gasteiger partial charge >= 0.3 is 6.03 Å². The van der Waals surface area contributed by atoms with Gasteiger partial charge in [0, 0.05) is 18.7 Å². The first kappa shape index (κ1) is 21.4. The van der Waals surface area contributed by atoms with Gasteiger partial charge in [0.1, 0.15) is 11.6 Å². The minimum atomic E-state index is -0.304. The lowest BCUT2D eigenvalue weighted by Gasteiger charge is -2.12. The molecule has 0 fully saturated rings. The molecule has 0 aliphatic carbocycles. The molecule has 0 aliphatic rings. The summed E-state index contributed by atoms with van der Waals surface area (Å²) in [5.74, 6) is 1.75. The van der Waals surface area contributed by atoms with Gasteiger partial charge in [-0.25, -0.2) is 9.78 Å². The predicted molar refractivity (Wildman–Crippen MR) is 130 cm³/mol.